The quantitative estimate of drug-likeness (QED) is 0.411. The Hall–Kier alpha value is -2.81. The van der Waals surface area contributed by atoms with Crippen molar-refractivity contribution in [1.29, 1.82) is 0 Å². The Kier molecular flexibility index (Phi) is 7.88. The first kappa shape index (κ1) is 25.8. The summed E-state index contributed by atoms with van der Waals surface area (Å²) >= 11 is 3.63. The molecule has 1 unspecified atom stereocenters. The van der Waals surface area contributed by atoms with E-state index in [4.69, 9.17) is 4.74 Å². The van der Waals surface area contributed by atoms with Gasteiger partial charge in [0.15, 0.2) is 5.88 Å². The molecule has 2 aliphatic heterocycles. The summed E-state index contributed by atoms with van der Waals surface area (Å²) in [5.41, 5.74) is 5.47. The van der Waals surface area contributed by atoms with E-state index in [0.717, 1.165) is 47.5 Å². The molecule has 3 heterocycles. The lowest BCUT2D eigenvalue weighted by atomic mass is 9.92. The summed E-state index contributed by atoms with van der Waals surface area (Å²) in [6, 6.07) is 14.4. The average Bonchev–Trinajstić information content (AvgIpc) is 3.29. The van der Waals surface area contributed by atoms with E-state index in [2.05, 4.69) is 61.0 Å². The van der Waals surface area contributed by atoms with Gasteiger partial charge < -0.3 is 24.6 Å². The van der Waals surface area contributed by atoms with Gasteiger partial charge in [0, 0.05) is 65.9 Å². The van der Waals surface area contributed by atoms with Gasteiger partial charge in [0.25, 0.3) is 5.91 Å². The van der Waals surface area contributed by atoms with Crippen molar-refractivity contribution in [2.24, 2.45) is 0 Å². The standard InChI is InChI=1S/C29H35BrN4O3/c1-3-26(37-4-2)34-12-11-23-24-19-22(30)9-10-25(24)31-27(23)28(34)20-5-7-21(8-6-20)29(36)33-15-13-32(14-16-33)17-18-35/h3,5-10,19,28,31,35H,4,11-18H2,1-2H3. The van der Waals surface area contributed by atoms with Crippen LogP contribution >= 0.6 is 15.9 Å². The van der Waals surface area contributed by atoms with Crippen LogP contribution in [0.3, 0.4) is 0 Å². The number of nitrogens with zero attached hydrogens (tertiary/aromatic N) is 3. The maximum absolute atomic E-state index is 13.2. The Labute approximate surface area is 226 Å². The number of carbonyl (C=O) groups excluding carboxylic acids is 1. The Morgan fingerprint density at radius 3 is 2.57 bits per heavy atom. The van der Waals surface area contributed by atoms with Crippen LogP contribution in [0.25, 0.3) is 10.9 Å². The number of hydrogen-bond acceptors (Lipinski definition) is 5. The van der Waals surface area contributed by atoms with Crippen molar-refractivity contribution >= 4 is 32.7 Å². The van der Waals surface area contributed by atoms with Gasteiger partial charge in [0.2, 0.25) is 0 Å². The number of hydrogen-bond donors (Lipinski definition) is 2. The second kappa shape index (κ2) is 11.3. The molecule has 1 aromatic heterocycles. The third-order valence-corrected chi connectivity index (χ3v) is 7.95. The first-order valence-corrected chi connectivity index (χ1v) is 13.9. The minimum Gasteiger partial charge on any atom is -0.480 e. The Morgan fingerprint density at radius 2 is 1.89 bits per heavy atom. The lowest BCUT2D eigenvalue weighted by Gasteiger charge is -2.38. The molecule has 1 fully saturated rings. The number of aliphatic hydroxyl groups is 1. The molecule has 37 heavy (non-hydrogen) atoms. The van der Waals surface area contributed by atoms with Gasteiger partial charge in [-0.15, -0.1) is 0 Å². The van der Waals surface area contributed by atoms with E-state index < -0.39 is 0 Å². The van der Waals surface area contributed by atoms with Crippen molar-refractivity contribution < 1.29 is 14.6 Å². The Morgan fingerprint density at radius 1 is 1.14 bits per heavy atom. The van der Waals surface area contributed by atoms with Crippen molar-refractivity contribution in [1.82, 2.24) is 19.7 Å². The summed E-state index contributed by atoms with van der Waals surface area (Å²) in [4.78, 5) is 23.3. The van der Waals surface area contributed by atoms with E-state index >= 15 is 0 Å². The molecular weight excluding hydrogens is 532 g/mol. The predicted octanol–water partition coefficient (Wildman–Crippen LogP) is 4.53. The number of aliphatic hydroxyl groups excluding tert-OH is 1. The third kappa shape index (κ3) is 5.15. The number of halogens is 1. The topological polar surface area (TPSA) is 72.0 Å². The summed E-state index contributed by atoms with van der Waals surface area (Å²) < 4.78 is 7.12. The van der Waals surface area contributed by atoms with Crippen molar-refractivity contribution in [2.75, 3.05) is 52.5 Å². The molecule has 1 amide bonds. The number of benzene rings is 2. The number of H-pyrrole nitrogens is 1. The second-order valence-corrected chi connectivity index (χ2v) is 10.5. The largest absolute Gasteiger partial charge is 0.480 e. The molecule has 0 spiro atoms. The number of carbonyl (C=O) groups is 1. The Bertz CT molecular complexity index is 1280. The number of amides is 1. The van der Waals surface area contributed by atoms with Crippen molar-refractivity contribution in [3.05, 3.63) is 81.3 Å². The number of rotatable bonds is 7. The molecule has 1 atom stereocenters. The van der Waals surface area contributed by atoms with Gasteiger partial charge in [-0.05, 0) is 67.8 Å². The molecule has 2 aromatic carbocycles. The number of β-amino-alcohol motifs (C(OH)–C–C–N with tert-alkyl or cyclic N) is 1. The summed E-state index contributed by atoms with van der Waals surface area (Å²) in [5.74, 6) is 0.939. The van der Waals surface area contributed by atoms with E-state index in [0.29, 0.717) is 31.8 Å². The van der Waals surface area contributed by atoms with Crippen LogP contribution in [0.15, 0.2) is 58.9 Å². The number of ether oxygens (including phenoxy) is 1. The normalized spacial score (nSPS) is 18.8. The summed E-state index contributed by atoms with van der Waals surface area (Å²) in [6.07, 6.45) is 2.96. The summed E-state index contributed by atoms with van der Waals surface area (Å²) in [6.45, 7) is 9.26. The van der Waals surface area contributed by atoms with Crippen molar-refractivity contribution in [2.45, 2.75) is 26.3 Å². The molecule has 2 aliphatic rings. The number of fused-ring (bicyclic) bond motifs is 3. The van der Waals surface area contributed by atoms with Crippen LogP contribution in [0.5, 0.6) is 0 Å². The van der Waals surface area contributed by atoms with Crippen LogP contribution in [0.4, 0.5) is 0 Å². The zero-order chi connectivity index (χ0) is 25.9. The van der Waals surface area contributed by atoms with Crippen LogP contribution in [0.1, 0.15) is 47.1 Å². The number of allylic oxidation sites excluding steroid dienone is 1. The average molecular weight is 568 g/mol. The molecule has 1 saturated heterocycles. The molecule has 5 rings (SSSR count). The fourth-order valence-corrected chi connectivity index (χ4v) is 5.99. The van der Waals surface area contributed by atoms with Crippen LogP contribution < -0.4 is 0 Å². The zero-order valence-corrected chi connectivity index (χ0v) is 23.1. The third-order valence-electron chi connectivity index (χ3n) is 7.46. The van der Waals surface area contributed by atoms with Gasteiger partial charge in [-0.2, -0.15) is 0 Å². The molecule has 7 nitrogen and oxygen atoms in total. The van der Waals surface area contributed by atoms with Gasteiger partial charge in [-0.1, -0.05) is 28.1 Å². The lowest BCUT2D eigenvalue weighted by molar-refractivity contribution is 0.0614. The highest BCUT2D eigenvalue weighted by molar-refractivity contribution is 9.10. The summed E-state index contributed by atoms with van der Waals surface area (Å²) in [5, 5.41) is 10.4. The SMILES string of the molecule is CC=C(OCC)N1CCc2c([nH]c3ccc(Br)cc23)C1c1ccc(C(=O)N2CCN(CCO)CC2)cc1. The number of aromatic amines is 1. The highest BCUT2D eigenvalue weighted by Gasteiger charge is 2.34. The maximum atomic E-state index is 13.2. The molecule has 196 valence electrons. The first-order valence-electron chi connectivity index (χ1n) is 13.1. The van der Waals surface area contributed by atoms with Crippen molar-refractivity contribution in [3.63, 3.8) is 0 Å². The van der Waals surface area contributed by atoms with Gasteiger partial charge in [0.05, 0.1) is 19.3 Å². The zero-order valence-electron chi connectivity index (χ0n) is 21.5. The molecule has 0 bridgehead atoms. The minimum absolute atomic E-state index is 0.0427. The first-order chi connectivity index (χ1) is 18.0. The monoisotopic (exact) mass is 566 g/mol. The van der Waals surface area contributed by atoms with E-state index in [9.17, 15) is 9.90 Å². The van der Waals surface area contributed by atoms with E-state index in [1.54, 1.807) is 0 Å². The van der Waals surface area contributed by atoms with Crippen LogP contribution in [0, 0.1) is 0 Å². The number of nitrogens with one attached hydrogen (secondary N) is 1. The van der Waals surface area contributed by atoms with Crippen molar-refractivity contribution in [3.8, 4) is 0 Å². The van der Waals surface area contributed by atoms with Gasteiger partial charge in [-0.3, -0.25) is 9.69 Å². The van der Waals surface area contributed by atoms with Crippen LogP contribution in [-0.4, -0.2) is 83.2 Å². The molecule has 2 N–H and O–H groups in total. The second-order valence-electron chi connectivity index (χ2n) is 9.59. The minimum atomic E-state index is -0.0427. The molecular formula is C29H35BrN4O3. The highest BCUT2D eigenvalue weighted by Crippen LogP contribution is 2.41. The van der Waals surface area contributed by atoms with Gasteiger partial charge >= 0.3 is 0 Å². The van der Waals surface area contributed by atoms with E-state index in [1.807, 2.05) is 37.0 Å². The fraction of sp³-hybridized carbons (Fsp3) is 0.414. The van der Waals surface area contributed by atoms with Crippen LogP contribution in [-0.2, 0) is 11.2 Å². The highest BCUT2D eigenvalue weighted by atomic mass is 79.9. The van der Waals surface area contributed by atoms with E-state index in [-0.39, 0.29) is 18.6 Å². The van der Waals surface area contributed by atoms with Crippen LogP contribution in [0.2, 0.25) is 0 Å². The number of piperazine rings is 1. The Balaban J connectivity index is 1.46. The molecule has 3 aromatic rings. The summed E-state index contributed by atoms with van der Waals surface area (Å²) in [7, 11) is 0. The fourth-order valence-electron chi connectivity index (χ4n) is 5.63. The molecule has 0 aliphatic carbocycles. The predicted molar refractivity (Wildman–Crippen MR) is 150 cm³/mol. The van der Waals surface area contributed by atoms with Gasteiger partial charge in [0.1, 0.15) is 0 Å². The molecule has 0 saturated carbocycles. The van der Waals surface area contributed by atoms with Gasteiger partial charge in [-0.25, -0.2) is 0 Å². The lowest BCUT2D eigenvalue weighted by Crippen LogP contribution is -2.49. The molecule has 8 heteroatoms. The molecule has 0 radical (unpaired) electrons. The number of aromatic nitrogens is 1. The maximum Gasteiger partial charge on any atom is 0.253 e. The van der Waals surface area contributed by atoms with E-state index in [1.165, 1.54) is 16.6 Å². The smallest absolute Gasteiger partial charge is 0.253 e.